The van der Waals surface area contributed by atoms with Gasteiger partial charge in [0.1, 0.15) is 5.82 Å². The molecular weight excluding hydrogens is 683 g/mol. The molecule has 5 rings (SSSR count). The Morgan fingerprint density at radius 3 is 1.70 bits per heavy atom. The maximum atomic E-state index is 13.8. The number of rotatable bonds is 5. The summed E-state index contributed by atoms with van der Waals surface area (Å²) in [5, 5.41) is 0. The van der Waals surface area contributed by atoms with Crippen molar-refractivity contribution in [2.24, 2.45) is 11.8 Å². The molecule has 2 saturated heterocycles. The number of nitrogens with zero attached hydrogens (tertiary/aromatic N) is 4. The average molecular weight is 721 g/mol. The monoisotopic (exact) mass is 720 g/mol. The Hall–Kier alpha value is -3.98. The summed E-state index contributed by atoms with van der Waals surface area (Å²) in [7, 11) is 2.38. The Bertz CT molecular complexity index is 1530. The fourth-order valence-corrected chi connectivity index (χ4v) is 7.18. The summed E-state index contributed by atoms with van der Waals surface area (Å²) >= 11 is 0. The second-order valence-electron chi connectivity index (χ2n) is 13.4. The lowest BCUT2D eigenvalue weighted by Gasteiger charge is -2.36. The van der Waals surface area contributed by atoms with Gasteiger partial charge in [0.2, 0.25) is 11.8 Å². The van der Waals surface area contributed by atoms with Crippen LogP contribution in [0.5, 0.6) is 0 Å². The molecule has 4 amide bonds. The Balaban J connectivity index is 1.31. The van der Waals surface area contributed by atoms with Gasteiger partial charge in [-0.05, 0) is 61.6 Å². The van der Waals surface area contributed by atoms with Crippen LogP contribution in [-0.4, -0.2) is 84.8 Å². The molecule has 50 heavy (non-hydrogen) atoms. The van der Waals surface area contributed by atoms with Gasteiger partial charge >= 0.3 is 18.4 Å². The topological polar surface area (TPSA) is 64.2 Å². The highest BCUT2D eigenvalue weighted by Gasteiger charge is 2.44. The van der Waals surface area contributed by atoms with Crippen LogP contribution in [0.3, 0.4) is 0 Å². The summed E-state index contributed by atoms with van der Waals surface area (Å²) in [5.41, 5.74) is -3.24. The third-order valence-electron chi connectivity index (χ3n) is 10.2. The number of anilines is 1. The van der Waals surface area contributed by atoms with Crippen LogP contribution in [0.2, 0.25) is 0 Å². The van der Waals surface area contributed by atoms with Crippen LogP contribution in [0.4, 0.5) is 50.0 Å². The number of hydrogen-bond acceptors (Lipinski definition) is 3. The van der Waals surface area contributed by atoms with Gasteiger partial charge in [0.25, 0.3) is 5.92 Å². The van der Waals surface area contributed by atoms with Gasteiger partial charge in [-0.3, -0.25) is 14.5 Å². The zero-order chi connectivity index (χ0) is 36.8. The van der Waals surface area contributed by atoms with E-state index in [1.165, 1.54) is 41.1 Å². The van der Waals surface area contributed by atoms with Crippen molar-refractivity contribution in [3.63, 3.8) is 0 Å². The van der Waals surface area contributed by atoms with E-state index in [9.17, 15) is 53.9 Å². The van der Waals surface area contributed by atoms with E-state index >= 15 is 0 Å². The minimum absolute atomic E-state index is 0.0196. The number of halogens is 9. The predicted molar refractivity (Wildman–Crippen MR) is 164 cm³/mol. The number of hydrogen-bond donors (Lipinski definition) is 0. The lowest BCUT2D eigenvalue weighted by atomic mass is 9.80. The lowest BCUT2D eigenvalue weighted by Crippen LogP contribution is -2.48. The molecule has 2 aromatic carbocycles. The van der Waals surface area contributed by atoms with E-state index in [0.717, 1.165) is 11.9 Å². The summed E-state index contributed by atoms with van der Waals surface area (Å²) in [5.74, 6) is -5.20. The molecule has 2 aliphatic heterocycles. The molecule has 0 radical (unpaired) electrons. The molecule has 0 bridgehead atoms. The summed E-state index contributed by atoms with van der Waals surface area (Å²) in [6.45, 7) is 0.0277. The highest BCUT2D eigenvalue weighted by molar-refractivity contribution is 5.92. The van der Waals surface area contributed by atoms with Gasteiger partial charge in [-0.15, -0.1) is 0 Å². The van der Waals surface area contributed by atoms with Crippen molar-refractivity contribution in [3.05, 3.63) is 65.0 Å². The fraction of sp³-hybridized carbons (Fsp3) is 0.559. The van der Waals surface area contributed by atoms with E-state index < -0.39 is 70.7 Å². The number of likely N-dealkylation sites (N-methyl/N-ethyl adjacent to an activating group) is 1. The summed E-state index contributed by atoms with van der Waals surface area (Å²) < 4.78 is 122. The number of likely N-dealkylation sites (tertiary alicyclic amines) is 2. The average Bonchev–Trinajstić information content (AvgIpc) is 3.51. The molecule has 3 fully saturated rings. The molecule has 1 aliphatic carbocycles. The summed E-state index contributed by atoms with van der Waals surface area (Å²) in [4.78, 5) is 45.3. The van der Waals surface area contributed by atoms with Gasteiger partial charge in [-0.25, -0.2) is 18.0 Å². The standard InChI is InChI=1S/C34H37F9N4O3/c1-44(26-16-23(33(38,39)40)15-24(17-26)34(41,42)43)31(50)45(2)28-19-47(18-27(28)20-7-9-25(35)10-8-20)30(49)22-5-3-21(4-6-22)29(48)46-13-11-32(36,37)12-14-46/h7-10,15-17,21-22,27-28H,3-6,11-14,18-19H2,1-2H3/t21?,22?,27-,28+/m0/s1. The van der Waals surface area contributed by atoms with Crippen molar-refractivity contribution in [3.8, 4) is 0 Å². The van der Waals surface area contributed by atoms with Crippen molar-refractivity contribution < 1.29 is 53.9 Å². The molecule has 2 atom stereocenters. The van der Waals surface area contributed by atoms with Gasteiger partial charge in [-0.1, -0.05) is 12.1 Å². The number of carbonyl (C=O) groups is 3. The van der Waals surface area contributed by atoms with Crippen LogP contribution < -0.4 is 4.90 Å². The quantitative estimate of drug-likeness (QED) is 0.303. The first-order valence-electron chi connectivity index (χ1n) is 16.3. The van der Waals surface area contributed by atoms with Crippen molar-refractivity contribution in [1.82, 2.24) is 14.7 Å². The van der Waals surface area contributed by atoms with Crippen LogP contribution >= 0.6 is 0 Å². The van der Waals surface area contributed by atoms with Crippen molar-refractivity contribution in [2.75, 3.05) is 45.2 Å². The highest BCUT2D eigenvalue weighted by atomic mass is 19.4. The maximum absolute atomic E-state index is 13.8. The Morgan fingerprint density at radius 1 is 0.740 bits per heavy atom. The maximum Gasteiger partial charge on any atom is 0.416 e. The molecule has 1 saturated carbocycles. The number of urea groups is 1. The molecular formula is C34H37F9N4O3. The number of piperidine rings is 1. The molecule has 16 heteroatoms. The number of carbonyl (C=O) groups excluding carboxylic acids is 3. The number of alkyl halides is 8. The van der Waals surface area contributed by atoms with Crippen LogP contribution in [0.15, 0.2) is 42.5 Å². The Morgan fingerprint density at radius 2 is 1.22 bits per heavy atom. The SMILES string of the molecule is CN(C(=O)N(C)[C@@H]1CN(C(=O)C2CCC(C(=O)N3CCC(F)(F)CC3)CC2)C[C@H]1c1ccc(F)cc1)c1cc(C(F)(F)F)cc(C(F)(F)F)c1. The smallest absolute Gasteiger partial charge is 0.342 e. The first kappa shape index (κ1) is 37.3. The van der Waals surface area contributed by atoms with E-state index in [0.29, 0.717) is 48.3 Å². The van der Waals surface area contributed by atoms with E-state index in [1.807, 2.05) is 0 Å². The van der Waals surface area contributed by atoms with Crippen LogP contribution in [0.1, 0.15) is 61.1 Å². The summed E-state index contributed by atoms with van der Waals surface area (Å²) in [6.07, 6.45) is -9.50. The molecule has 0 N–H and O–H groups in total. The normalized spacial score (nSPS) is 24.2. The zero-order valence-electron chi connectivity index (χ0n) is 27.3. The van der Waals surface area contributed by atoms with Crippen molar-refractivity contribution in [1.29, 1.82) is 0 Å². The summed E-state index contributed by atoms with van der Waals surface area (Å²) in [6, 6.07) is 4.52. The Labute approximate surface area is 283 Å². The first-order chi connectivity index (χ1) is 23.2. The second-order valence-corrected chi connectivity index (χ2v) is 13.4. The van der Waals surface area contributed by atoms with E-state index in [1.54, 1.807) is 0 Å². The highest BCUT2D eigenvalue weighted by Crippen LogP contribution is 2.40. The van der Waals surface area contributed by atoms with Crippen LogP contribution in [0, 0.1) is 17.7 Å². The van der Waals surface area contributed by atoms with E-state index in [4.69, 9.17) is 0 Å². The van der Waals surface area contributed by atoms with Crippen LogP contribution in [-0.2, 0) is 21.9 Å². The minimum atomic E-state index is -5.12. The van der Waals surface area contributed by atoms with Crippen molar-refractivity contribution >= 4 is 23.5 Å². The van der Waals surface area contributed by atoms with Crippen molar-refractivity contribution in [2.45, 2.75) is 68.8 Å². The lowest BCUT2D eigenvalue weighted by molar-refractivity contribution is -0.145. The zero-order valence-corrected chi connectivity index (χ0v) is 27.3. The van der Waals surface area contributed by atoms with Gasteiger partial charge < -0.3 is 14.7 Å². The number of benzene rings is 2. The molecule has 7 nitrogen and oxygen atoms in total. The Kier molecular flexibility index (Phi) is 10.4. The molecule has 0 unspecified atom stereocenters. The van der Waals surface area contributed by atoms with Gasteiger partial charge in [-0.2, -0.15) is 26.3 Å². The van der Waals surface area contributed by atoms with Crippen LogP contribution in [0.25, 0.3) is 0 Å². The molecule has 274 valence electrons. The van der Waals surface area contributed by atoms with Gasteiger partial charge in [0, 0.05) is 76.6 Å². The fourth-order valence-electron chi connectivity index (χ4n) is 7.18. The third kappa shape index (κ3) is 8.14. The minimum Gasteiger partial charge on any atom is -0.342 e. The van der Waals surface area contributed by atoms with Gasteiger partial charge in [0.05, 0.1) is 17.2 Å². The third-order valence-corrected chi connectivity index (χ3v) is 10.2. The second kappa shape index (κ2) is 14.0. The molecule has 0 spiro atoms. The largest absolute Gasteiger partial charge is 0.416 e. The predicted octanol–water partition coefficient (Wildman–Crippen LogP) is 7.41. The van der Waals surface area contributed by atoms with Gasteiger partial charge in [0.15, 0.2) is 0 Å². The van der Waals surface area contributed by atoms with E-state index in [2.05, 4.69) is 0 Å². The first-order valence-corrected chi connectivity index (χ1v) is 16.3. The molecule has 2 heterocycles. The van der Waals surface area contributed by atoms with E-state index in [-0.39, 0.29) is 56.9 Å². The molecule has 2 aromatic rings. The molecule has 0 aromatic heterocycles. The molecule has 3 aliphatic rings. The number of amides is 4.